The lowest BCUT2D eigenvalue weighted by Crippen LogP contribution is -2.21. The van der Waals surface area contributed by atoms with Crippen molar-refractivity contribution in [2.45, 2.75) is 19.9 Å². The molecule has 2 rings (SSSR count). The van der Waals surface area contributed by atoms with Crippen LogP contribution in [-0.4, -0.2) is 17.4 Å². The van der Waals surface area contributed by atoms with Gasteiger partial charge in [-0.3, -0.25) is 9.78 Å². The van der Waals surface area contributed by atoms with Gasteiger partial charge < -0.3 is 10.6 Å². The molecular formula is C16H18ClN3O. The minimum Gasteiger partial charge on any atom is -0.326 e. The zero-order valence-corrected chi connectivity index (χ0v) is 12.7. The van der Waals surface area contributed by atoms with Gasteiger partial charge in [0, 0.05) is 42.6 Å². The lowest BCUT2D eigenvalue weighted by atomic mass is 10.2. The van der Waals surface area contributed by atoms with E-state index in [1.165, 1.54) is 0 Å². The maximum absolute atomic E-state index is 11.9. The molecule has 0 unspecified atom stereocenters. The minimum atomic E-state index is -0.0254. The highest BCUT2D eigenvalue weighted by molar-refractivity contribution is 6.31. The first-order valence-corrected chi connectivity index (χ1v) is 7.19. The fraction of sp³-hybridized carbons (Fsp3) is 0.250. The van der Waals surface area contributed by atoms with Crippen molar-refractivity contribution in [2.24, 2.45) is 0 Å². The Morgan fingerprint density at radius 2 is 2.00 bits per heavy atom. The highest BCUT2D eigenvalue weighted by atomic mass is 35.5. The van der Waals surface area contributed by atoms with Gasteiger partial charge >= 0.3 is 0 Å². The second-order valence-corrected chi connectivity index (χ2v) is 5.15. The molecule has 0 saturated carbocycles. The van der Waals surface area contributed by atoms with Gasteiger partial charge in [0.1, 0.15) is 0 Å². The quantitative estimate of drug-likeness (QED) is 0.806. The Kier molecular flexibility index (Phi) is 5.72. The summed E-state index contributed by atoms with van der Waals surface area (Å²) >= 11 is 6.02. The number of benzene rings is 1. The predicted molar refractivity (Wildman–Crippen MR) is 85.4 cm³/mol. The average molecular weight is 304 g/mol. The predicted octanol–water partition coefficient (Wildman–Crippen LogP) is 3.16. The first kappa shape index (κ1) is 15.5. The smallest absolute Gasteiger partial charge is 0.225 e. The van der Waals surface area contributed by atoms with Crippen LogP contribution in [0, 0.1) is 6.92 Å². The van der Waals surface area contributed by atoms with Crippen molar-refractivity contribution in [3.8, 4) is 0 Å². The van der Waals surface area contributed by atoms with E-state index in [0.29, 0.717) is 18.0 Å². The number of carbonyl (C=O) groups excluding carboxylic acids is 1. The number of halogens is 1. The Morgan fingerprint density at radius 3 is 2.76 bits per heavy atom. The molecule has 0 aliphatic heterocycles. The van der Waals surface area contributed by atoms with E-state index in [1.54, 1.807) is 12.4 Å². The van der Waals surface area contributed by atoms with E-state index in [1.807, 2.05) is 37.3 Å². The molecule has 1 heterocycles. The van der Waals surface area contributed by atoms with Crippen molar-refractivity contribution < 1.29 is 4.79 Å². The Balaban J connectivity index is 1.74. The van der Waals surface area contributed by atoms with Crippen LogP contribution in [0.15, 0.2) is 42.7 Å². The van der Waals surface area contributed by atoms with Crippen LogP contribution in [0.5, 0.6) is 0 Å². The van der Waals surface area contributed by atoms with Gasteiger partial charge in [-0.1, -0.05) is 17.7 Å². The van der Waals surface area contributed by atoms with Gasteiger partial charge in [-0.2, -0.15) is 0 Å². The fourth-order valence-corrected chi connectivity index (χ4v) is 2.07. The summed E-state index contributed by atoms with van der Waals surface area (Å²) in [5.74, 6) is -0.0254. The summed E-state index contributed by atoms with van der Waals surface area (Å²) in [7, 11) is 0. The van der Waals surface area contributed by atoms with Gasteiger partial charge in [-0.25, -0.2) is 0 Å². The summed E-state index contributed by atoms with van der Waals surface area (Å²) in [6.07, 6.45) is 3.92. The molecule has 1 aromatic carbocycles. The zero-order valence-electron chi connectivity index (χ0n) is 11.9. The average Bonchev–Trinajstić information content (AvgIpc) is 2.49. The van der Waals surface area contributed by atoms with Gasteiger partial charge in [0.2, 0.25) is 5.91 Å². The van der Waals surface area contributed by atoms with Crippen LogP contribution in [-0.2, 0) is 11.3 Å². The summed E-state index contributed by atoms with van der Waals surface area (Å²) < 4.78 is 0. The number of carbonyl (C=O) groups is 1. The number of pyridine rings is 1. The highest BCUT2D eigenvalue weighted by Gasteiger charge is 2.06. The molecule has 4 nitrogen and oxygen atoms in total. The lowest BCUT2D eigenvalue weighted by molar-refractivity contribution is -0.116. The summed E-state index contributed by atoms with van der Waals surface area (Å²) in [4.78, 5) is 15.8. The Hall–Kier alpha value is -1.91. The lowest BCUT2D eigenvalue weighted by Gasteiger charge is -2.10. The molecule has 0 bridgehead atoms. The van der Waals surface area contributed by atoms with Crippen molar-refractivity contribution in [1.29, 1.82) is 0 Å². The monoisotopic (exact) mass is 303 g/mol. The number of rotatable bonds is 6. The summed E-state index contributed by atoms with van der Waals surface area (Å²) in [5, 5.41) is 6.76. The van der Waals surface area contributed by atoms with Gasteiger partial charge in [-0.05, 0) is 42.3 Å². The molecule has 5 heteroatoms. The van der Waals surface area contributed by atoms with E-state index in [9.17, 15) is 4.79 Å². The standard InChI is InChI=1S/C16H18ClN3O/c1-12-14(17)3-2-4-15(12)20-16(21)7-10-19-11-13-5-8-18-9-6-13/h2-6,8-9,19H,7,10-11H2,1H3,(H,20,21). The number of hydrogen-bond donors (Lipinski definition) is 2. The van der Waals surface area contributed by atoms with Crippen LogP contribution in [0.25, 0.3) is 0 Å². The van der Waals surface area contributed by atoms with Crippen LogP contribution in [0.4, 0.5) is 5.69 Å². The van der Waals surface area contributed by atoms with Crippen LogP contribution < -0.4 is 10.6 Å². The number of anilines is 1. The van der Waals surface area contributed by atoms with Crippen LogP contribution in [0.1, 0.15) is 17.5 Å². The van der Waals surface area contributed by atoms with Gasteiger partial charge in [0.15, 0.2) is 0 Å². The molecule has 0 aliphatic carbocycles. The minimum absolute atomic E-state index is 0.0254. The van der Waals surface area contributed by atoms with Crippen molar-refractivity contribution in [1.82, 2.24) is 10.3 Å². The molecule has 0 aliphatic rings. The van der Waals surface area contributed by atoms with Crippen molar-refractivity contribution in [2.75, 3.05) is 11.9 Å². The Morgan fingerprint density at radius 1 is 1.24 bits per heavy atom. The molecule has 0 atom stereocenters. The number of aromatic nitrogens is 1. The maximum Gasteiger partial charge on any atom is 0.225 e. The van der Waals surface area contributed by atoms with Gasteiger partial charge in [0.05, 0.1) is 0 Å². The highest BCUT2D eigenvalue weighted by Crippen LogP contribution is 2.22. The largest absolute Gasteiger partial charge is 0.326 e. The van der Waals surface area contributed by atoms with E-state index in [2.05, 4.69) is 15.6 Å². The third-order valence-electron chi connectivity index (χ3n) is 3.15. The van der Waals surface area contributed by atoms with E-state index < -0.39 is 0 Å². The molecule has 1 amide bonds. The Bertz CT molecular complexity index is 602. The second-order valence-electron chi connectivity index (χ2n) is 4.74. The number of nitrogens with zero attached hydrogens (tertiary/aromatic N) is 1. The van der Waals surface area contributed by atoms with E-state index in [0.717, 1.165) is 23.4 Å². The molecule has 0 fully saturated rings. The summed E-state index contributed by atoms with van der Waals surface area (Å²) in [6.45, 7) is 3.24. The SMILES string of the molecule is Cc1c(Cl)cccc1NC(=O)CCNCc1ccncc1. The molecule has 1 aromatic heterocycles. The molecule has 2 aromatic rings. The van der Waals surface area contributed by atoms with E-state index >= 15 is 0 Å². The number of amides is 1. The molecule has 21 heavy (non-hydrogen) atoms. The second kappa shape index (κ2) is 7.76. The van der Waals surface area contributed by atoms with Crippen molar-refractivity contribution in [3.05, 3.63) is 58.9 Å². The van der Waals surface area contributed by atoms with Crippen LogP contribution in [0.3, 0.4) is 0 Å². The fourth-order valence-electron chi connectivity index (χ4n) is 1.89. The normalized spacial score (nSPS) is 10.4. The summed E-state index contributed by atoms with van der Waals surface area (Å²) in [6, 6.07) is 9.38. The molecule has 0 radical (unpaired) electrons. The molecule has 110 valence electrons. The maximum atomic E-state index is 11.9. The van der Waals surface area contributed by atoms with Gasteiger partial charge in [-0.15, -0.1) is 0 Å². The zero-order chi connectivity index (χ0) is 15.1. The number of nitrogens with one attached hydrogen (secondary N) is 2. The Labute approximate surface area is 129 Å². The molecule has 0 saturated heterocycles. The van der Waals surface area contributed by atoms with Gasteiger partial charge in [0.25, 0.3) is 0 Å². The third-order valence-corrected chi connectivity index (χ3v) is 3.56. The molecule has 0 spiro atoms. The first-order chi connectivity index (χ1) is 10.2. The van der Waals surface area contributed by atoms with E-state index in [-0.39, 0.29) is 5.91 Å². The van der Waals surface area contributed by atoms with Crippen LogP contribution in [0.2, 0.25) is 5.02 Å². The molecule has 2 N–H and O–H groups in total. The van der Waals surface area contributed by atoms with Crippen LogP contribution >= 0.6 is 11.6 Å². The van der Waals surface area contributed by atoms with Crippen molar-refractivity contribution >= 4 is 23.2 Å². The molecular weight excluding hydrogens is 286 g/mol. The van der Waals surface area contributed by atoms with E-state index in [4.69, 9.17) is 11.6 Å². The third kappa shape index (κ3) is 4.85. The summed E-state index contributed by atoms with van der Waals surface area (Å²) in [5.41, 5.74) is 2.80. The van der Waals surface area contributed by atoms with Crippen molar-refractivity contribution in [3.63, 3.8) is 0 Å². The number of hydrogen-bond acceptors (Lipinski definition) is 3. The first-order valence-electron chi connectivity index (χ1n) is 6.81. The topological polar surface area (TPSA) is 54.0 Å².